The van der Waals surface area contributed by atoms with Gasteiger partial charge in [0.2, 0.25) is 5.91 Å². The Bertz CT molecular complexity index is 1280. The van der Waals surface area contributed by atoms with Gasteiger partial charge >= 0.3 is 0 Å². The maximum absolute atomic E-state index is 13.6. The molecular formula is C29H31N3O5S. The molecule has 198 valence electrons. The second-order valence-electron chi connectivity index (χ2n) is 8.65. The van der Waals surface area contributed by atoms with Crippen molar-refractivity contribution in [3.05, 3.63) is 78.4 Å². The normalized spacial score (nSPS) is 15.0. The highest BCUT2D eigenvalue weighted by atomic mass is 32.1. The van der Waals surface area contributed by atoms with Crippen molar-refractivity contribution >= 4 is 40.5 Å². The van der Waals surface area contributed by atoms with Gasteiger partial charge in [-0.2, -0.15) is 0 Å². The topological polar surface area (TPSA) is 80.3 Å². The Balaban J connectivity index is 1.52. The first kappa shape index (κ1) is 26.9. The van der Waals surface area contributed by atoms with Gasteiger partial charge in [0.1, 0.15) is 11.8 Å². The van der Waals surface area contributed by atoms with E-state index in [1.807, 2.05) is 60.4 Å². The summed E-state index contributed by atoms with van der Waals surface area (Å²) in [7, 11) is 3.18. The van der Waals surface area contributed by atoms with Gasteiger partial charge in [0.05, 0.1) is 32.9 Å². The standard InChI is InChI=1S/C29H31N3O5S/c1-4-37-23-13-11-21(12-14-23)30-27(33)19-24-28(34)32(22-8-6-5-7-9-22)29(38)31(24)17-16-20-10-15-25(35-2)26(18-20)36-3/h5-15,18,24H,4,16-17,19H2,1-3H3,(H,30,33). The van der Waals surface area contributed by atoms with Gasteiger partial charge < -0.3 is 24.4 Å². The summed E-state index contributed by atoms with van der Waals surface area (Å²) in [6.07, 6.45) is 0.550. The second-order valence-corrected chi connectivity index (χ2v) is 9.02. The number of carbonyl (C=O) groups is 2. The molecule has 1 atom stereocenters. The van der Waals surface area contributed by atoms with Crippen LogP contribution in [-0.4, -0.2) is 55.2 Å². The molecule has 0 bridgehead atoms. The van der Waals surface area contributed by atoms with Crippen LogP contribution in [-0.2, 0) is 16.0 Å². The van der Waals surface area contributed by atoms with Gasteiger partial charge in [-0.3, -0.25) is 14.5 Å². The summed E-state index contributed by atoms with van der Waals surface area (Å²) in [5.41, 5.74) is 2.30. The highest BCUT2D eigenvalue weighted by Crippen LogP contribution is 2.30. The highest BCUT2D eigenvalue weighted by molar-refractivity contribution is 7.80. The molecule has 3 aromatic rings. The van der Waals surface area contributed by atoms with Crippen LogP contribution in [0, 0.1) is 0 Å². The number of benzene rings is 3. The third-order valence-electron chi connectivity index (χ3n) is 6.25. The molecule has 0 radical (unpaired) electrons. The molecule has 1 aliphatic heterocycles. The monoisotopic (exact) mass is 533 g/mol. The van der Waals surface area contributed by atoms with E-state index in [0.717, 1.165) is 11.3 Å². The van der Waals surface area contributed by atoms with Crippen molar-refractivity contribution in [3.63, 3.8) is 0 Å². The fraction of sp³-hybridized carbons (Fsp3) is 0.276. The number of hydrogen-bond donors (Lipinski definition) is 1. The quantitative estimate of drug-likeness (QED) is 0.359. The molecule has 1 N–H and O–H groups in total. The van der Waals surface area contributed by atoms with Crippen LogP contribution in [0.2, 0.25) is 0 Å². The molecule has 0 spiro atoms. The smallest absolute Gasteiger partial charge is 0.256 e. The van der Waals surface area contributed by atoms with Crippen LogP contribution in [0.4, 0.5) is 11.4 Å². The van der Waals surface area contributed by atoms with Crippen LogP contribution in [0.1, 0.15) is 18.9 Å². The SMILES string of the molecule is CCOc1ccc(NC(=O)CC2C(=O)N(c3ccccc3)C(=S)N2CCc2ccc(OC)c(OC)c2)cc1. The summed E-state index contributed by atoms with van der Waals surface area (Å²) in [6.45, 7) is 2.92. The molecule has 0 aliphatic carbocycles. The van der Waals surface area contributed by atoms with E-state index in [4.69, 9.17) is 26.4 Å². The molecule has 9 heteroatoms. The van der Waals surface area contributed by atoms with E-state index in [-0.39, 0.29) is 18.2 Å². The summed E-state index contributed by atoms with van der Waals surface area (Å²) >= 11 is 5.76. The van der Waals surface area contributed by atoms with Crippen LogP contribution in [0.3, 0.4) is 0 Å². The van der Waals surface area contributed by atoms with Crippen molar-refractivity contribution in [1.82, 2.24) is 4.90 Å². The van der Waals surface area contributed by atoms with Gasteiger partial charge in [0.15, 0.2) is 16.6 Å². The molecule has 1 aliphatic rings. The number of ether oxygens (including phenoxy) is 3. The maximum Gasteiger partial charge on any atom is 0.256 e. The number of para-hydroxylation sites is 1. The van der Waals surface area contributed by atoms with E-state index in [1.165, 1.54) is 4.90 Å². The van der Waals surface area contributed by atoms with Gasteiger partial charge in [0, 0.05) is 12.2 Å². The number of nitrogens with one attached hydrogen (secondary N) is 1. The maximum atomic E-state index is 13.6. The average molecular weight is 534 g/mol. The van der Waals surface area contributed by atoms with Gasteiger partial charge in [-0.15, -0.1) is 0 Å². The Morgan fingerprint density at radius 1 is 0.974 bits per heavy atom. The lowest BCUT2D eigenvalue weighted by Crippen LogP contribution is -2.39. The fourth-order valence-corrected chi connectivity index (χ4v) is 4.79. The number of methoxy groups -OCH3 is 2. The van der Waals surface area contributed by atoms with E-state index < -0.39 is 6.04 Å². The lowest BCUT2D eigenvalue weighted by Gasteiger charge is -2.24. The summed E-state index contributed by atoms with van der Waals surface area (Å²) in [4.78, 5) is 30.0. The summed E-state index contributed by atoms with van der Waals surface area (Å²) < 4.78 is 16.2. The average Bonchev–Trinajstić information content (AvgIpc) is 3.16. The lowest BCUT2D eigenvalue weighted by molar-refractivity contribution is -0.124. The Morgan fingerprint density at radius 2 is 1.68 bits per heavy atom. The first-order chi connectivity index (χ1) is 18.4. The van der Waals surface area contributed by atoms with Crippen molar-refractivity contribution < 1.29 is 23.8 Å². The Hall–Kier alpha value is -4.11. The molecule has 3 aromatic carbocycles. The third-order valence-corrected chi connectivity index (χ3v) is 6.67. The Morgan fingerprint density at radius 3 is 2.34 bits per heavy atom. The summed E-state index contributed by atoms with van der Waals surface area (Å²) in [5.74, 6) is 1.49. The van der Waals surface area contributed by atoms with Crippen molar-refractivity contribution in [2.24, 2.45) is 0 Å². The Labute approximate surface area is 228 Å². The lowest BCUT2D eigenvalue weighted by atomic mass is 10.1. The largest absolute Gasteiger partial charge is 0.494 e. The zero-order chi connectivity index (χ0) is 27.1. The van der Waals surface area contributed by atoms with E-state index in [2.05, 4.69) is 5.32 Å². The molecule has 1 heterocycles. The molecule has 1 saturated heterocycles. The van der Waals surface area contributed by atoms with Crippen LogP contribution in [0.25, 0.3) is 0 Å². The predicted molar refractivity (Wildman–Crippen MR) is 151 cm³/mol. The van der Waals surface area contributed by atoms with Crippen LogP contribution in [0.15, 0.2) is 72.8 Å². The van der Waals surface area contributed by atoms with Crippen molar-refractivity contribution in [2.75, 3.05) is 37.6 Å². The summed E-state index contributed by atoms with van der Waals surface area (Å²) in [5, 5.41) is 3.26. The third kappa shape index (κ3) is 6.06. The molecule has 1 unspecified atom stereocenters. The fourth-order valence-electron chi connectivity index (χ4n) is 4.38. The van der Waals surface area contributed by atoms with Gasteiger partial charge in [-0.25, -0.2) is 0 Å². The van der Waals surface area contributed by atoms with Crippen LogP contribution in [0.5, 0.6) is 17.2 Å². The van der Waals surface area contributed by atoms with E-state index in [1.54, 1.807) is 38.5 Å². The minimum absolute atomic E-state index is 0.0402. The molecular weight excluding hydrogens is 502 g/mol. The minimum atomic E-state index is -0.731. The predicted octanol–water partition coefficient (Wildman–Crippen LogP) is 4.68. The zero-order valence-electron chi connectivity index (χ0n) is 21.7. The van der Waals surface area contributed by atoms with Crippen molar-refractivity contribution in [2.45, 2.75) is 25.8 Å². The zero-order valence-corrected chi connectivity index (χ0v) is 22.5. The number of rotatable bonds is 11. The van der Waals surface area contributed by atoms with E-state index in [9.17, 15) is 9.59 Å². The van der Waals surface area contributed by atoms with Gasteiger partial charge in [-0.05, 0) is 79.7 Å². The molecule has 38 heavy (non-hydrogen) atoms. The van der Waals surface area contributed by atoms with Crippen molar-refractivity contribution in [1.29, 1.82) is 0 Å². The Kier molecular flexibility index (Phi) is 8.81. The molecule has 4 rings (SSSR count). The number of hydrogen-bond acceptors (Lipinski definition) is 6. The first-order valence-electron chi connectivity index (χ1n) is 12.4. The van der Waals surface area contributed by atoms with Crippen LogP contribution >= 0.6 is 12.2 Å². The number of amides is 2. The number of thiocarbonyl (C=S) groups is 1. The van der Waals surface area contributed by atoms with E-state index in [0.29, 0.717) is 47.6 Å². The van der Waals surface area contributed by atoms with Crippen LogP contribution < -0.4 is 24.4 Å². The molecule has 1 fully saturated rings. The van der Waals surface area contributed by atoms with Gasteiger partial charge in [-0.1, -0.05) is 24.3 Å². The first-order valence-corrected chi connectivity index (χ1v) is 12.8. The van der Waals surface area contributed by atoms with E-state index >= 15 is 0 Å². The minimum Gasteiger partial charge on any atom is -0.494 e. The number of anilines is 2. The van der Waals surface area contributed by atoms with Gasteiger partial charge in [0.25, 0.3) is 5.91 Å². The molecule has 2 amide bonds. The number of nitrogens with zero attached hydrogens (tertiary/aromatic N) is 2. The highest BCUT2D eigenvalue weighted by Gasteiger charge is 2.43. The second kappa shape index (κ2) is 12.4. The molecule has 8 nitrogen and oxygen atoms in total. The number of carbonyl (C=O) groups excluding carboxylic acids is 2. The summed E-state index contributed by atoms with van der Waals surface area (Å²) in [6, 6.07) is 21.4. The molecule has 0 saturated carbocycles. The van der Waals surface area contributed by atoms with Crippen molar-refractivity contribution in [3.8, 4) is 17.2 Å². The molecule has 0 aromatic heterocycles.